The number of fused-ring (bicyclic) bond motifs is 2. The van der Waals surface area contributed by atoms with Crippen molar-refractivity contribution in [3.8, 4) is 34.1 Å². The molecule has 0 bridgehead atoms. The number of allylic oxidation sites excluding steroid dienone is 1. The summed E-state index contributed by atoms with van der Waals surface area (Å²) in [7, 11) is 0. The lowest BCUT2D eigenvalue weighted by atomic mass is 10.1. The van der Waals surface area contributed by atoms with Gasteiger partial charge in [-0.1, -0.05) is 23.3 Å². The lowest BCUT2D eigenvalue weighted by Gasteiger charge is -2.15. The van der Waals surface area contributed by atoms with Gasteiger partial charge in [0, 0.05) is 35.2 Å². The third kappa shape index (κ3) is 10.0. The van der Waals surface area contributed by atoms with Crippen LogP contribution in [0, 0.1) is 13.8 Å². The van der Waals surface area contributed by atoms with Crippen LogP contribution in [0.2, 0.25) is 0 Å². The van der Waals surface area contributed by atoms with Gasteiger partial charge in [-0.25, -0.2) is 0 Å². The summed E-state index contributed by atoms with van der Waals surface area (Å²) in [5.74, 6) is 2.55. The molecule has 11 nitrogen and oxygen atoms in total. The predicted octanol–water partition coefficient (Wildman–Crippen LogP) is 7.68. The van der Waals surface area contributed by atoms with Crippen molar-refractivity contribution in [2.45, 2.75) is 33.1 Å². The Kier molecular flexibility index (Phi) is 12.2. The second-order valence-corrected chi connectivity index (χ2v) is 13.5. The van der Waals surface area contributed by atoms with Crippen LogP contribution in [0.15, 0.2) is 127 Å². The van der Waals surface area contributed by atoms with Gasteiger partial charge in [-0.05, 0) is 106 Å². The van der Waals surface area contributed by atoms with Gasteiger partial charge in [0.2, 0.25) is 0 Å². The zero-order chi connectivity index (χ0) is 38.0. The minimum absolute atomic E-state index is 0.0488. The Morgan fingerprint density at radius 3 is 1.69 bits per heavy atom. The van der Waals surface area contributed by atoms with Crippen molar-refractivity contribution in [1.29, 1.82) is 0 Å². The minimum Gasteiger partial charge on any atom is -0.494 e. The van der Waals surface area contributed by atoms with Crippen LogP contribution in [0.5, 0.6) is 11.5 Å². The van der Waals surface area contributed by atoms with Crippen LogP contribution >= 0.6 is 0 Å². The Hall–Kier alpha value is -5.88. The topological polar surface area (TPSA) is 125 Å². The molecule has 0 saturated carbocycles. The molecule has 1 aliphatic rings. The van der Waals surface area contributed by atoms with Crippen LogP contribution in [-0.4, -0.2) is 51.2 Å². The van der Waals surface area contributed by atoms with E-state index in [4.69, 9.17) is 27.8 Å². The molecule has 2 N–H and O–H groups in total. The largest absolute Gasteiger partial charge is 0.494 e. The van der Waals surface area contributed by atoms with Crippen molar-refractivity contribution < 1.29 is 27.8 Å². The zero-order valence-corrected chi connectivity index (χ0v) is 31.1. The van der Waals surface area contributed by atoms with Crippen LogP contribution in [0.25, 0.3) is 44.6 Å². The van der Waals surface area contributed by atoms with Crippen molar-refractivity contribution in [2.75, 3.05) is 46.2 Å². The first-order valence-electron chi connectivity index (χ1n) is 18.6. The first-order valence-corrected chi connectivity index (χ1v) is 18.6. The summed E-state index contributed by atoms with van der Waals surface area (Å²) in [5, 5.41) is 3.15. The molecule has 0 unspecified atom stereocenters. The van der Waals surface area contributed by atoms with Gasteiger partial charge in [-0.3, -0.25) is 14.6 Å². The van der Waals surface area contributed by atoms with E-state index in [1.54, 1.807) is 6.07 Å². The Morgan fingerprint density at radius 1 is 0.582 bits per heavy atom. The van der Waals surface area contributed by atoms with Gasteiger partial charge < -0.3 is 33.2 Å². The van der Waals surface area contributed by atoms with E-state index in [9.17, 15) is 9.59 Å². The van der Waals surface area contributed by atoms with Crippen LogP contribution in [-0.2, 0) is 9.47 Å². The Bertz CT molecular complexity index is 2370. The minimum atomic E-state index is -0.0597. The number of nitrogens with zero attached hydrogens (tertiary/aromatic N) is 1. The number of aryl methyl sites for hydroxylation is 2. The van der Waals surface area contributed by atoms with Crippen LogP contribution in [0.4, 0.5) is 0 Å². The molecule has 2 aromatic heterocycles. The maximum Gasteiger partial charge on any atom is 0.193 e. The fourth-order valence-electron chi connectivity index (χ4n) is 6.21. The fraction of sp³-hybridized carbons (Fsp3) is 0.273. The summed E-state index contributed by atoms with van der Waals surface area (Å²) in [5.41, 5.74) is 12.2. The number of nitrogens with one attached hydrogen (secondary N) is 2. The molecule has 0 amide bonds. The van der Waals surface area contributed by atoms with E-state index in [1.807, 2.05) is 104 Å². The molecule has 1 aliphatic heterocycles. The molecule has 55 heavy (non-hydrogen) atoms. The zero-order valence-electron chi connectivity index (χ0n) is 31.1. The monoisotopic (exact) mass is 743 g/mol. The normalized spacial score (nSPS) is 12.6. The summed E-state index contributed by atoms with van der Waals surface area (Å²) in [6.45, 7) is 7.59. The molecule has 0 radical (unpaired) electrons. The average molecular weight is 744 g/mol. The number of hydrogen-bond acceptors (Lipinski definition) is 11. The van der Waals surface area contributed by atoms with E-state index < -0.39 is 0 Å². The van der Waals surface area contributed by atoms with Crippen molar-refractivity contribution in [3.63, 3.8) is 0 Å². The van der Waals surface area contributed by atoms with Gasteiger partial charge in [0.15, 0.2) is 10.9 Å². The molecule has 0 spiro atoms. The SMILES string of the molecule is Cc1ccc2oc(-c3ccc(OCCCCC4=CN(CCOCCOCCOc5ccc(-c6cc(=O)c7cc(C)ccc7o6)cc5)NN4)cc3)cc(=O)c2c1. The highest BCUT2D eigenvalue weighted by molar-refractivity contribution is 5.80. The summed E-state index contributed by atoms with van der Waals surface area (Å²) in [4.78, 5) is 25.2. The summed E-state index contributed by atoms with van der Waals surface area (Å²) < 4.78 is 35.1. The molecule has 11 heteroatoms. The fourth-order valence-corrected chi connectivity index (χ4v) is 6.21. The number of hydrogen-bond donors (Lipinski definition) is 2. The van der Waals surface area contributed by atoms with Gasteiger partial charge in [-0.15, -0.1) is 5.53 Å². The predicted molar refractivity (Wildman–Crippen MR) is 213 cm³/mol. The van der Waals surface area contributed by atoms with Gasteiger partial charge in [0.25, 0.3) is 0 Å². The first kappa shape index (κ1) is 37.4. The molecular formula is C44H45N3O8. The van der Waals surface area contributed by atoms with E-state index >= 15 is 0 Å². The number of unbranched alkanes of at least 4 members (excludes halogenated alkanes) is 1. The smallest absolute Gasteiger partial charge is 0.193 e. The summed E-state index contributed by atoms with van der Waals surface area (Å²) in [6.07, 6.45) is 4.85. The second-order valence-electron chi connectivity index (χ2n) is 13.5. The second kappa shape index (κ2) is 18.0. The number of ether oxygens (including phenoxy) is 4. The van der Waals surface area contributed by atoms with E-state index in [0.29, 0.717) is 85.4 Å². The summed E-state index contributed by atoms with van der Waals surface area (Å²) in [6, 6.07) is 29.4. The third-order valence-electron chi connectivity index (χ3n) is 9.17. The highest BCUT2D eigenvalue weighted by Gasteiger charge is 2.12. The third-order valence-corrected chi connectivity index (χ3v) is 9.17. The Labute approximate surface area is 319 Å². The molecule has 284 valence electrons. The highest BCUT2D eigenvalue weighted by Crippen LogP contribution is 2.26. The lowest BCUT2D eigenvalue weighted by molar-refractivity contribution is 0.0294. The van der Waals surface area contributed by atoms with Crippen LogP contribution in [0.1, 0.15) is 30.4 Å². The van der Waals surface area contributed by atoms with Crippen molar-refractivity contribution in [3.05, 3.63) is 141 Å². The highest BCUT2D eigenvalue weighted by atomic mass is 16.5. The molecule has 0 atom stereocenters. The van der Waals surface area contributed by atoms with E-state index in [2.05, 4.69) is 17.2 Å². The molecule has 0 aliphatic carbocycles. The summed E-state index contributed by atoms with van der Waals surface area (Å²) >= 11 is 0. The van der Waals surface area contributed by atoms with E-state index in [1.165, 1.54) is 6.07 Å². The number of rotatable bonds is 18. The van der Waals surface area contributed by atoms with Gasteiger partial charge in [-0.2, -0.15) is 0 Å². The van der Waals surface area contributed by atoms with Crippen LogP contribution in [0.3, 0.4) is 0 Å². The maximum absolute atomic E-state index is 12.6. The Balaban J connectivity index is 0.717. The molecule has 7 rings (SSSR count). The molecular weight excluding hydrogens is 698 g/mol. The quantitative estimate of drug-likeness (QED) is 0.0843. The van der Waals surface area contributed by atoms with Crippen LogP contribution < -0.4 is 31.3 Å². The van der Waals surface area contributed by atoms with Crippen molar-refractivity contribution >= 4 is 21.9 Å². The molecule has 0 saturated heterocycles. The molecule has 4 aromatic carbocycles. The van der Waals surface area contributed by atoms with Gasteiger partial charge in [0.1, 0.15) is 40.8 Å². The molecule has 0 fully saturated rings. The molecule has 6 aromatic rings. The van der Waals surface area contributed by atoms with E-state index in [-0.39, 0.29) is 10.9 Å². The van der Waals surface area contributed by atoms with Crippen molar-refractivity contribution in [2.24, 2.45) is 0 Å². The maximum atomic E-state index is 12.6. The average Bonchev–Trinajstić information content (AvgIpc) is 3.65. The lowest BCUT2D eigenvalue weighted by Crippen LogP contribution is -2.38. The van der Waals surface area contributed by atoms with Crippen molar-refractivity contribution in [1.82, 2.24) is 16.0 Å². The Morgan fingerprint density at radius 2 is 1.11 bits per heavy atom. The van der Waals surface area contributed by atoms with Gasteiger partial charge >= 0.3 is 0 Å². The van der Waals surface area contributed by atoms with E-state index in [0.717, 1.165) is 53.0 Å². The standard InChI is InChI=1S/C44H45N3O8/c1-30-6-16-41-37(25-30)39(48)27-43(54-41)32-8-12-35(13-9-32)52-19-4-3-5-34-29-47(46-45-34)18-20-50-21-22-51-23-24-53-36-14-10-33(11-15-36)44-28-40(49)38-26-31(2)7-17-42(38)55-44/h6-17,25-29,45-46H,3-5,18-24H2,1-2H3. The number of benzene rings is 4. The molecule has 3 heterocycles. The van der Waals surface area contributed by atoms with Gasteiger partial charge in [0.05, 0.1) is 50.4 Å². The first-order chi connectivity index (χ1) is 26.9. The number of hydrazine groups is 2.